The Morgan fingerprint density at radius 1 is 1.15 bits per heavy atom. The van der Waals surface area contributed by atoms with E-state index in [1.54, 1.807) is 11.0 Å². The number of piperidine rings is 1. The van der Waals surface area contributed by atoms with E-state index < -0.39 is 10.0 Å². The summed E-state index contributed by atoms with van der Waals surface area (Å²) in [5.41, 5.74) is 0.378. The summed E-state index contributed by atoms with van der Waals surface area (Å²) < 4.78 is 27.5. The van der Waals surface area contributed by atoms with Crippen molar-refractivity contribution in [1.82, 2.24) is 9.21 Å². The lowest BCUT2D eigenvalue weighted by atomic mass is 10.0. The first-order valence-electron chi connectivity index (χ1n) is 9.94. The van der Waals surface area contributed by atoms with Crippen molar-refractivity contribution in [2.45, 2.75) is 57.8 Å². The quantitative estimate of drug-likeness (QED) is 0.632. The Labute approximate surface area is 168 Å². The molecule has 0 aliphatic carbocycles. The molecule has 1 heterocycles. The van der Waals surface area contributed by atoms with E-state index >= 15 is 0 Å². The average molecular weight is 415 g/mol. The lowest BCUT2D eigenvalue weighted by Crippen LogP contribution is -2.36. The second-order valence-corrected chi connectivity index (χ2v) is 9.45. The Morgan fingerprint density at radius 3 is 2.33 bits per heavy atom. The molecular formula is C20H31ClN2O3S. The molecule has 0 bridgehead atoms. The number of nitrogens with zero attached hydrogens (tertiary/aromatic N) is 2. The fourth-order valence-corrected chi connectivity index (χ4v) is 5.49. The number of hydrogen-bond donors (Lipinski definition) is 0. The first-order chi connectivity index (χ1) is 12.8. The number of amides is 1. The van der Waals surface area contributed by atoms with Crippen LogP contribution in [0.2, 0.25) is 5.02 Å². The van der Waals surface area contributed by atoms with Crippen molar-refractivity contribution in [3.8, 4) is 0 Å². The molecule has 0 unspecified atom stereocenters. The Bertz CT molecular complexity index is 742. The maximum Gasteiger partial charge on any atom is 0.253 e. The van der Waals surface area contributed by atoms with Gasteiger partial charge in [-0.25, -0.2) is 8.42 Å². The summed E-state index contributed by atoms with van der Waals surface area (Å²) in [5.74, 6) is 0.300. The predicted molar refractivity (Wildman–Crippen MR) is 110 cm³/mol. The summed E-state index contributed by atoms with van der Waals surface area (Å²) in [6.07, 6.45) is 4.77. The van der Waals surface area contributed by atoms with Crippen LogP contribution in [0.4, 0.5) is 0 Å². The number of hydrogen-bond acceptors (Lipinski definition) is 3. The Balaban J connectivity index is 2.31. The molecule has 1 aromatic rings. The average Bonchev–Trinajstić information content (AvgIpc) is 2.69. The van der Waals surface area contributed by atoms with Crippen molar-refractivity contribution in [2.24, 2.45) is 5.92 Å². The minimum atomic E-state index is -3.68. The van der Waals surface area contributed by atoms with Gasteiger partial charge in [0.1, 0.15) is 4.90 Å². The molecule has 1 aliphatic rings. The number of halogens is 1. The molecule has 0 spiro atoms. The normalized spacial score (nSPS) is 15.9. The minimum Gasteiger partial charge on any atom is -0.339 e. The molecule has 2 rings (SSSR count). The SMILES string of the molecule is CCC(CC)CN(CC)C(=O)c1ccc(Cl)c(S(=O)(=O)N2CCCCC2)c1. The number of benzene rings is 1. The van der Waals surface area contributed by atoms with Crippen molar-refractivity contribution in [1.29, 1.82) is 0 Å². The van der Waals surface area contributed by atoms with Gasteiger partial charge in [0, 0.05) is 31.7 Å². The predicted octanol–water partition coefficient (Wildman–Crippen LogP) is 4.41. The largest absolute Gasteiger partial charge is 0.339 e. The van der Waals surface area contributed by atoms with Gasteiger partial charge in [0.25, 0.3) is 5.91 Å². The maximum atomic E-state index is 13.0. The molecule has 5 nitrogen and oxygen atoms in total. The third-order valence-corrected chi connectivity index (χ3v) is 7.79. The topological polar surface area (TPSA) is 57.7 Å². The van der Waals surface area contributed by atoms with Gasteiger partial charge in [-0.15, -0.1) is 0 Å². The summed E-state index contributed by atoms with van der Waals surface area (Å²) >= 11 is 6.22. The van der Waals surface area contributed by atoms with Crippen LogP contribution in [0, 0.1) is 5.92 Å². The van der Waals surface area contributed by atoms with Gasteiger partial charge in [0.05, 0.1) is 5.02 Å². The summed E-state index contributed by atoms with van der Waals surface area (Å²) in [5, 5.41) is 0.167. The highest BCUT2D eigenvalue weighted by Crippen LogP contribution is 2.28. The summed E-state index contributed by atoms with van der Waals surface area (Å²) in [6.45, 7) is 8.47. The zero-order valence-electron chi connectivity index (χ0n) is 16.6. The fourth-order valence-electron chi connectivity index (χ4n) is 3.48. The fraction of sp³-hybridized carbons (Fsp3) is 0.650. The molecule has 27 heavy (non-hydrogen) atoms. The second kappa shape index (κ2) is 9.89. The molecule has 0 radical (unpaired) electrons. The van der Waals surface area contributed by atoms with Gasteiger partial charge < -0.3 is 4.90 Å². The van der Waals surface area contributed by atoms with Crippen LogP contribution in [0.3, 0.4) is 0 Å². The molecule has 152 valence electrons. The van der Waals surface area contributed by atoms with Gasteiger partial charge in [-0.3, -0.25) is 4.79 Å². The van der Waals surface area contributed by atoms with Crippen molar-refractivity contribution in [2.75, 3.05) is 26.2 Å². The monoisotopic (exact) mass is 414 g/mol. The zero-order valence-corrected chi connectivity index (χ0v) is 18.2. The molecule has 1 fully saturated rings. The maximum absolute atomic E-state index is 13.0. The van der Waals surface area contributed by atoms with E-state index in [4.69, 9.17) is 11.6 Å². The van der Waals surface area contributed by atoms with Gasteiger partial charge in [-0.05, 0) is 43.9 Å². The molecular weight excluding hydrogens is 384 g/mol. The smallest absolute Gasteiger partial charge is 0.253 e. The van der Waals surface area contributed by atoms with Gasteiger partial charge in [0.2, 0.25) is 10.0 Å². The molecule has 7 heteroatoms. The highest BCUT2D eigenvalue weighted by molar-refractivity contribution is 7.89. The molecule has 0 aromatic heterocycles. The zero-order chi connectivity index (χ0) is 20.0. The van der Waals surface area contributed by atoms with E-state index in [1.165, 1.54) is 16.4 Å². The Kier molecular flexibility index (Phi) is 8.13. The van der Waals surface area contributed by atoms with Crippen LogP contribution in [0.1, 0.15) is 63.2 Å². The van der Waals surface area contributed by atoms with Crippen LogP contribution >= 0.6 is 11.6 Å². The lowest BCUT2D eigenvalue weighted by Gasteiger charge is -2.27. The lowest BCUT2D eigenvalue weighted by molar-refractivity contribution is 0.0734. The van der Waals surface area contributed by atoms with E-state index in [9.17, 15) is 13.2 Å². The number of carbonyl (C=O) groups is 1. The van der Waals surface area contributed by atoms with Crippen LogP contribution < -0.4 is 0 Å². The highest BCUT2D eigenvalue weighted by atomic mass is 35.5. The van der Waals surface area contributed by atoms with Crippen molar-refractivity contribution in [3.05, 3.63) is 28.8 Å². The van der Waals surface area contributed by atoms with Gasteiger partial charge in [-0.2, -0.15) is 4.31 Å². The third kappa shape index (κ3) is 5.24. The molecule has 0 N–H and O–H groups in total. The molecule has 0 saturated carbocycles. The minimum absolute atomic E-state index is 0.0375. The van der Waals surface area contributed by atoms with Crippen LogP contribution in [0.15, 0.2) is 23.1 Å². The number of carbonyl (C=O) groups excluding carboxylic acids is 1. The van der Waals surface area contributed by atoms with Crippen LogP contribution in [0.25, 0.3) is 0 Å². The van der Waals surface area contributed by atoms with E-state index in [0.29, 0.717) is 37.7 Å². The molecule has 1 aromatic carbocycles. The van der Waals surface area contributed by atoms with Crippen LogP contribution in [0.5, 0.6) is 0 Å². The van der Waals surface area contributed by atoms with E-state index in [-0.39, 0.29) is 15.8 Å². The van der Waals surface area contributed by atoms with E-state index in [0.717, 1.165) is 32.1 Å². The Morgan fingerprint density at radius 2 is 1.78 bits per heavy atom. The summed E-state index contributed by atoms with van der Waals surface area (Å²) in [4.78, 5) is 14.8. The number of sulfonamides is 1. The van der Waals surface area contributed by atoms with Gasteiger partial charge in [0.15, 0.2) is 0 Å². The molecule has 1 aliphatic heterocycles. The highest BCUT2D eigenvalue weighted by Gasteiger charge is 2.29. The molecule has 1 saturated heterocycles. The number of rotatable bonds is 8. The molecule has 0 atom stereocenters. The van der Waals surface area contributed by atoms with Crippen LogP contribution in [-0.4, -0.2) is 49.7 Å². The summed E-state index contributed by atoms with van der Waals surface area (Å²) in [6, 6.07) is 4.59. The summed E-state index contributed by atoms with van der Waals surface area (Å²) in [7, 11) is -3.68. The van der Waals surface area contributed by atoms with Crippen molar-refractivity contribution < 1.29 is 13.2 Å². The third-order valence-electron chi connectivity index (χ3n) is 5.41. The van der Waals surface area contributed by atoms with Crippen LogP contribution in [-0.2, 0) is 10.0 Å². The van der Waals surface area contributed by atoms with E-state index in [2.05, 4.69) is 13.8 Å². The van der Waals surface area contributed by atoms with Gasteiger partial charge >= 0.3 is 0 Å². The van der Waals surface area contributed by atoms with Crippen molar-refractivity contribution >= 4 is 27.5 Å². The second-order valence-electron chi connectivity index (χ2n) is 7.14. The first kappa shape index (κ1) is 22.2. The first-order valence-corrected chi connectivity index (χ1v) is 11.8. The van der Waals surface area contributed by atoms with Gasteiger partial charge in [-0.1, -0.05) is 44.7 Å². The molecule has 1 amide bonds. The van der Waals surface area contributed by atoms with E-state index in [1.807, 2.05) is 6.92 Å². The standard InChI is InChI=1S/C20H31ClN2O3S/c1-4-16(5-2)15-22(6-3)20(24)17-10-11-18(21)19(14-17)27(25,26)23-12-8-7-9-13-23/h10-11,14,16H,4-9,12-13,15H2,1-3H3. The van der Waals surface area contributed by atoms with Crippen molar-refractivity contribution in [3.63, 3.8) is 0 Å². The Hall–Kier alpha value is -1.11.